The monoisotopic (exact) mass is 1380 g/mol. The fourth-order valence-electron chi connectivity index (χ4n) is 18.8. The molecular weight excluding hydrogens is 1280 g/mol. The van der Waals surface area contributed by atoms with Crippen LogP contribution in [0.25, 0.3) is 0 Å². The molecule has 0 aromatic heterocycles. The Hall–Kier alpha value is -2.73. The number of aldehydes is 1. The lowest BCUT2D eigenvalue weighted by Gasteiger charge is -2.71. The van der Waals surface area contributed by atoms with Gasteiger partial charge in [-0.1, -0.05) is 53.2 Å². The Balaban J connectivity index is 0.873. The molecule has 548 valence electrons. The molecule has 11 rings (SSSR count). The van der Waals surface area contributed by atoms with Crippen LogP contribution in [0.1, 0.15) is 113 Å². The van der Waals surface area contributed by atoms with E-state index in [0.717, 1.165) is 11.9 Å². The van der Waals surface area contributed by atoms with E-state index in [1.165, 1.54) is 13.8 Å². The number of carbonyl (C=O) groups is 3. The van der Waals surface area contributed by atoms with Gasteiger partial charge in [0.05, 0.1) is 49.7 Å². The van der Waals surface area contributed by atoms with Crippen molar-refractivity contribution in [3.05, 3.63) is 11.6 Å². The molecule has 38 unspecified atom stereocenters. The maximum Gasteiger partial charge on any atom is 0.335 e. The molecule has 5 aliphatic carbocycles. The van der Waals surface area contributed by atoms with Gasteiger partial charge in [-0.15, -0.1) is 0 Å². The van der Waals surface area contributed by atoms with Crippen molar-refractivity contribution in [3.63, 3.8) is 0 Å². The lowest BCUT2D eigenvalue weighted by atomic mass is 9.33. The Labute approximate surface area is 553 Å². The number of aliphatic hydroxyl groups excluding tert-OH is 16. The summed E-state index contributed by atoms with van der Waals surface area (Å²) in [6.45, 7) is 13.1. The van der Waals surface area contributed by atoms with Gasteiger partial charge in [-0.25, -0.2) is 4.79 Å². The molecule has 0 radical (unpaired) electrons. The van der Waals surface area contributed by atoms with Crippen molar-refractivity contribution in [2.24, 2.45) is 50.2 Å². The van der Waals surface area contributed by atoms with E-state index < -0.39 is 260 Å². The SMILES string of the molecule is CC1OC(OC(=O)C23CCC(C)(C)CC2C2=CCC4C5(C)CCC(OC6OC(C(=O)O)C(O)C(O)C6OC6OC(CO)C(O)C(O)C6O)C(C)(C=O)C5CCC4(C)C2(C)CC3O)C(OC2OC(C)C(OC3OCC(O)C(O)C3O)C(O)C2O)C(OC2OC(CO)C(O)C2O)C1O. The molecule has 0 aromatic carbocycles. The zero-order chi connectivity index (χ0) is 70.2. The van der Waals surface area contributed by atoms with Gasteiger partial charge in [-0.2, -0.15) is 0 Å². The molecular formula is C64H100O32. The molecule has 11 aliphatic rings. The van der Waals surface area contributed by atoms with Crippen LogP contribution in [0.15, 0.2) is 11.6 Å². The van der Waals surface area contributed by atoms with E-state index in [0.29, 0.717) is 38.5 Å². The molecule has 17 N–H and O–H groups in total. The Bertz CT molecular complexity index is 2800. The van der Waals surface area contributed by atoms with Crippen molar-refractivity contribution in [2.45, 2.75) is 297 Å². The summed E-state index contributed by atoms with van der Waals surface area (Å²) in [5.41, 5.74) is -4.64. The highest BCUT2D eigenvalue weighted by molar-refractivity contribution is 5.80. The highest BCUT2D eigenvalue weighted by Crippen LogP contribution is 2.76. The summed E-state index contributed by atoms with van der Waals surface area (Å²) in [5, 5.41) is 186. The van der Waals surface area contributed by atoms with Crippen LogP contribution < -0.4 is 0 Å². The van der Waals surface area contributed by atoms with Gasteiger partial charge in [0.1, 0.15) is 122 Å². The largest absolute Gasteiger partial charge is 0.479 e. The number of carboxylic acid groups (broad SMARTS) is 1. The number of carbonyl (C=O) groups excluding carboxylic acids is 2. The van der Waals surface area contributed by atoms with Crippen molar-refractivity contribution in [3.8, 4) is 0 Å². The number of fused-ring (bicyclic) bond motifs is 7. The average Bonchev–Trinajstić information content (AvgIpc) is 0.736. The van der Waals surface area contributed by atoms with E-state index in [1.54, 1.807) is 6.92 Å². The van der Waals surface area contributed by atoms with Crippen LogP contribution in [-0.4, -0.2) is 309 Å². The third kappa shape index (κ3) is 12.3. The first kappa shape index (κ1) is 74.5. The minimum absolute atomic E-state index is 0.0459. The summed E-state index contributed by atoms with van der Waals surface area (Å²) < 4.78 is 72.3. The van der Waals surface area contributed by atoms with Gasteiger partial charge in [0, 0.05) is 0 Å². The molecule has 38 atom stereocenters. The number of ether oxygens (including phenoxy) is 12. The zero-order valence-electron chi connectivity index (χ0n) is 54.9. The quantitative estimate of drug-likeness (QED) is 0.0298. The molecule has 0 amide bonds. The van der Waals surface area contributed by atoms with Gasteiger partial charge >= 0.3 is 11.9 Å². The highest BCUT2D eigenvalue weighted by Gasteiger charge is 2.73. The third-order valence-corrected chi connectivity index (χ3v) is 24.8. The summed E-state index contributed by atoms with van der Waals surface area (Å²) in [5.74, 6) is -3.89. The molecule has 0 bridgehead atoms. The molecule has 32 nitrogen and oxygen atoms in total. The number of hydrogen-bond donors (Lipinski definition) is 17. The van der Waals surface area contributed by atoms with Gasteiger partial charge < -0.3 is 148 Å². The Kier molecular flexibility index (Phi) is 21.3. The van der Waals surface area contributed by atoms with Crippen molar-refractivity contribution >= 4 is 18.2 Å². The van der Waals surface area contributed by atoms with E-state index in [2.05, 4.69) is 40.7 Å². The van der Waals surface area contributed by atoms with E-state index in [-0.39, 0.29) is 25.2 Å². The number of aliphatic carboxylic acids is 1. The minimum atomic E-state index is -2.12. The topological polar surface area (TPSA) is 506 Å². The molecule has 6 heterocycles. The lowest BCUT2D eigenvalue weighted by molar-refractivity contribution is -0.382. The summed E-state index contributed by atoms with van der Waals surface area (Å²) >= 11 is 0. The van der Waals surface area contributed by atoms with E-state index in [9.17, 15) is 96.4 Å². The predicted molar refractivity (Wildman–Crippen MR) is 316 cm³/mol. The number of esters is 1. The molecule has 6 saturated heterocycles. The van der Waals surface area contributed by atoms with Gasteiger partial charge in [-0.3, -0.25) is 4.79 Å². The Morgan fingerprint density at radius 1 is 0.542 bits per heavy atom. The second kappa shape index (κ2) is 27.5. The maximum atomic E-state index is 16.0. The molecule has 6 aliphatic heterocycles. The number of hydrogen-bond acceptors (Lipinski definition) is 31. The Morgan fingerprint density at radius 3 is 1.74 bits per heavy atom. The molecule has 96 heavy (non-hydrogen) atoms. The highest BCUT2D eigenvalue weighted by atomic mass is 16.8. The van der Waals surface area contributed by atoms with Gasteiger partial charge in [0.25, 0.3) is 0 Å². The lowest BCUT2D eigenvalue weighted by Crippen LogP contribution is -2.69. The summed E-state index contributed by atoms with van der Waals surface area (Å²) in [7, 11) is 0. The van der Waals surface area contributed by atoms with Crippen molar-refractivity contribution in [1.29, 1.82) is 0 Å². The number of allylic oxidation sites excluding steroid dienone is 2. The van der Waals surface area contributed by atoms with Crippen LogP contribution >= 0.6 is 0 Å². The van der Waals surface area contributed by atoms with Gasteiger partial charge in [0.15, 0.2) is 43.7 Å². The van der Waals surface area contributed by atoms with Crippen molar-refractivity contribution in [1.82, 2.24) is 0 Å². The summed E-state index contributed by atoms with van der Waals surface area (Å²) in [6, 6.07) is 0. The summed E-state index contributed by atoms with van der Waals surface area (Å²) in [4.78, 5) is 42.4. The fraction of sp³-hybridized carbons (Fsp3) is 0.922. The summed E-state index contributed by atoms with van der Waals surface area (Å²) in [6.07, 6.45) is -45.6. The second-order valence-electron chi connectivity index (χ2n) is 30.7. The first-order valence-corrected chi connectivity index (χ1v) is 33.5. The van der Waals surface area contributed by atoms with Gasteiger partial charge in [-0.05, 0) is 111 Å². The van der Waals surface area contributed by atoms with Crippen LogP contribution in [0.3, 0.4) is 0 Å². The van der Waals surface area contributed by atoms with Crippen molar-refractivity contribution < 1.29 is 158 Å². The van der Waals surface area contributed by atoms with Gasteiger partial charge in [0.2, 0.25) is 6.29 Å². The first-order chi connectivity index (χ1) is 45.0. The molecule has 10 fully saturated rings. The third-order valence-electron chi connectivity index (χ3n) is 24.8. The average molecular weight is 1380 g/mol. The standard InChI is InChI=1S/C64H100O32/c1-23-34(70)47(92-54-43(79)37(73)29(20-66)89-54)50(95-53-45(81)41(77)46(24(2)87-53)91-52-42(78)35(71)27(68)21-85-52)57(86-23)96-58(84)64-16-15-59(3,4)17-26(64)25-9-10-31-60(5)13-12-33(61(6,22-67)30(60)11-14-62(31,7)63(25,8)18-32(64)69)90-56-49(40(76)39(75)48(93-56)51(82)83)94-55-44(80)38(74)36(72)28(19-65)88-55/h9,22-24,26-50,52-57,65-66,68-81H,10-21H2,1-8H3,(H,82,83). The number of carboxylic acids is 1. The van der Waals surface area contributed by atoms with E-state index >= 15 is 4.79 Å². The van der Waals surface area contributed by atoms with Crippen LogP contribution in [0.4, 0.5) is 0 Å². The van der Waals surface area contributed by atoms with Crippen LogP contribution in [-0.2, 0) is 71.2 Å². The smallest absolute Gasteiger partial charge is 0.335 e. The number of rotatable bonds is 16. The van der Waals surface area contributed by atoms with Crippen LogP contribution in [0.2, 0.25) is 0 Å². The molecule has 0 spiro atoms. The molecule has 32 heteroatoms. The molecule has 0 aromatic rings. The van der Waals surface area contributed by atoms with E-state index in [4.69, 9.17) is 56.8 Å². The normalized spacial score (nSPS) is 54.9. The minimum Gasteiger partial charge on any atom is -0.479 e. The van der Waals surface area contributed by atoms with Crippen molar-refractivity contribution in [2.75, 3.05) is 19.8 Å². The number of aliphatic hydroxyl groups is 16. The zero-order valence-corrected chi connectivity index (χ0v) is 54.9. The molecule has 4 saturated carbocycles. The fourth-order valence-corrected chi connectivity index (χ4v) is 18.8. The Morgan fingerprint density at radius 2 is 1.10 bits per heavy atom. The second-order valence-corrected chi connectivity index (χ2v) is 30.7. The predicted octanol–water partition coefficient (Wildman–Crippen LogP) is -4.81. The maximum absolute atomic E-state index is 16.0. The van der Waals surface area contributed by atoms with Crippen LogP contribution in [0.5, 0.6) is 0 Å². The first-order valence-electron chi connectivity index (χ1n) is 33.5. The van der Waals surface area contributed by atoms with E-state index in [1.807, 2.05) is 0 Å². The van der Waals surface area contributed by atoms with Crippen LogP contribution in [0, 0.1) is 50.2 Å².